The maximum Gasteiger partial charge on any atom is 0.341 e. The number of benzene rings is 1. The first-order chi connectivity index (χ1) is 11.0. The lowest BCUT2D eigenvalue weighted by molar-refractivity contribution is -0.116. The fourth-order valence-corrected chi connectivity index (χ4v) is 2.37. The highest BCUT2D eigenvalue weighted by molar-refractivity contribution is 9.10. The highest BCUT2D eigenvalue weighted by Gasteiger charge is 2.15. The maximum atomic E-state index is 11.8. The van der Waals surface area contributed by atoms with Crippen LogP contribution in [-0.2, 0) is 16.1 Å². The lowest BCUT2D eigenvalue weighted by Gasteiger charge is -1.99. The minimum Gasteiger partial charge on any atom is -0.465 e. The second kappa shape index (κ2) is 7.78. The second-order valence-electron chi connectivity index (χ2n) is 4.75. The number of esters is 1. The normalized spacial score (nSPS) is 10.7. The number of methoxy groups -OCH3 is 1. The second-order valence-corrected chi connectivity index (χ2v) is 5.60. The fraction of sp³-hybridized carbons (Fsp3) is 0.176. The van der Waals surface area contributed by atoms with Crippen molar-refractivity contribution in [3.63, 3.8) is 0 Å². The van der Waals surface area contributed by atoms with Gasteiger partial charge in [0.15, 0.2) is 0 Å². The first-order valence-corrected chi connectivity index (χ1v) is 7.68. The number of amides is 1. The molecule has 0 aliphatic rings. The highest BCUT2D eigenvalue weighted by atomic mass is 79.9. The SMILES string of the molecule is COC(=O)c1cc(CNC(=O)C=Cc2ccccc2Br)oc1C. The molecule has 0 aliphatic carbocycles. The van der Waals surface area contributed by atoms with E-state index >= 15 is 0 Å². The van der Waals surface area contributed by atoms with E-state index in [0.29, 0.717) is 17.1 Å². The molecule has 5 nitrogen and oxygen atoms in total. The number of nitrogens with one attached hydrogen (secondary N) is 1. The van der Waals surface area contributed by atoms with Crippen molar-refractivity contribution >= 4 is 33.9 Å². The third-order valence-corrected chi connectivity index (χ3v) is 3.85. The number of carbonyl (C=O) groups excluding carboxylic acids is 2. The standard InChI is InChI=1S/C17H16BrNO4/c1-11-14(17(21)22-2)9-13(23-11)10-19-16(20)8-7-12-5-3-4-6-15(12)18/h3-9H,10H2,1-2H3,(H,19,20). The molecule has 0 atom stereocenters. The zero-order chi connectivity index (χ0) is 16.8. The minimum atomic E-state index is -0.461. The Morgan fingerprint density at radius 3 is 2.78 bits per heavy atom. The first-order valence-electron chi connectivity index (χ1n) is 6.89. The molecule has 1 aromatic heterocycles. The quantitative estimate of drug-likeness (QED) is 0.639. The summed E-state index contributed by atoms with van der Waals surface area (Å²) in [5.74, 6) is 0.238. The third-order valence-electron chi connectivity index (χ3n) is 3.13. The van der Waals surface area contributed by atoms with Crippen LogP contribution >= 0.6 is 15.9 Å². The van der Waals surface area contributed by atoms with Crippen LogP contribution in [0, 0.1) is 6.92 Å². The topological polar surface area (TPSA) is 68.5 Å². The van der Waals surface area contributed by atoms with Crippen molar-refractivity contribution in [3.05, 3.63) is 63.5 Å². The summed E-state index contributed by atoms with van der Waals surface area (Å²) in [6.07, 6.45) is 3.16. The lowest BCUT2D eigenvalue weighted by Crippen LogP contribution is -2.19. The minimum absolute atomic E-state index is 0.191. The molecule has 0 fully saturated rings. The summed E-state index contributed by atoms with van der Waals surface area (Å²) < 4.78 is 11.0. The summed E-state index contributed by atoms with van der Waals surface area (Å²) in [7, 11) is 1.31. The number of furan rings is 1. The molecule has 0 radical (unpaired) electrons. The molecule has 120 valence electrons. The maximum absolute atomic E-state index is 11.8. The molecule has 0 aliphatic heterocycles. The molecule has 1 N–H and O–H groups in total. The van der Waals surface area contributed by atoms with E-state index in [-0.39, 0.29) is 12.5 Å². The van der Waals surface area contributed by atoms with Crippen molar-refractivity contribution in [2.75, 3.05) is 7.11 Å². The Morgan fingerprint density at radius 1 is 1.35 bits per heavy atom. The molecular weight excluding hydrogens is 362 g/mol. The average molecular weight is 378 g/mol. The Bertz CT molecular complexity index is 749. The summed E-state index contributed by atoms with van der Waals surface area (Å²) in [6, 6.07) is 9.16. The van der Waals surface area contributed by atoms with E-state index in [9.17, 15) is 9.59 Å². The van der Waals surface area contributed by atoms with Gasteiger partial charge in [-0.3, -0.25) is 4.79 Å². The van der Waals surface area contributed by atoms with Gasteiger partial charge < -0.3 is 14.5 Å². The Hall–Kier alpha value is -2.34. The summed E-state index contributed by atoms with van der Waals surface area (Å²) in [4.78, 5) is 23.3. The molecule has 0 saturated carbocycles. The predicted octanol–water partition coefficient (Wildman–Crippen LogP) is 3.47. The number of hydrogen-bond acceptors (Lipinski definition) is 4. The van der Waals surface area contributed by atoms with Gasteiger partial charge in [-0.1, -0.05) is 34.1 Å². The molecule has 6 heteroatoms. The summed E-state index contributed by atoms with van der Waals surface area (Å²) in [6.45, 7) is 1.86. The molecule has 0 bridgehead atoms. The number of halogens is 1. The Morgan fingerprint density at radius 2 is 2.09 bits per heavy atom. The van der Waals surface area contributed by atoms with Crippen molar-refractivity contribution < 1.29 is 18.7 Å². The van der Waals surface area contributed by atoms with Crippen LogP contribution in [0.4, 0.5) is 0 Å². The molecule has 1 amide bonds. The Kier molecular flexibility index (Phi) is 5.76. The molecule has 23 heavy (non-hydrogen) atoms. The summed E-state index contributed by atoms with van der Waals surface area (Å²) in [5, 5.41) is 2.70. The van der Waals surface area contributed by atoms with Gasteiger partial charge >= 0.3 is 5.97 Å². The Labute approximate surface area is 142 Å². The van der Waals surface area contributed by atoms with Gasteiger partial charge in [0, 0.05) is 10.5 Å². The molecule has 2 aromatic rings. The van der Waals surface area contributed by atoms with Crippen LogP contribution in [0.25, 0.3) is 6.08 Å². The molecule has 0 saturated heterocycles. The fourth-order valence-electron chi connectivity index (χ4n) is 1.95. The number of ether oxygens (including phenoxy) is 1. The van der Waals surface area contributed by atoms with Crippen LogP contribution in [0.3, 0.4) is 0 Å². The lowest BCUT2D eigenvalue weighted by atomic mass is 10.2. The highest BCUT2D eigenvalue weighted by Crippen LogP contribution is 2.17. The zero-order valence-electron chi connectivity index (χ0n) is 12.8. The van der Waals surface area contributed by atoms with Gasteiger partial charge in [0.2, 0.25) is 5.91 Å². The van der Waals surface area contributed by atoms with Gasteiger partial charge in [-0.15, -0.1) is 0 Å². The van der Waals surface area contributed by atoms with Gasteiger partial charge in [0.05, 0.1) is 13.7 Å². The van der Waals surface area contributed by atoms with E-state index in [1.807, 2.05) is 24.3 Å². The molecule has 1 aromatic carbocycles. The third kappa shape index (κ3) is 4.56. The Balaban J connectivity index is 1.95. The monoisotopic (exact) mass is 377 g/mol. The van der Waals surface area contributed by atoms with Crippen LogP contribution in [0.15, 0.2) is 45.3 Å². The predicted molar refractivity (Wildman–Crippen MR) is 89.8 cm³/mol. The van der Waals surface area contributed by atoms with Crippen LogP contribution in [0.1, 0.15) is 27.4 Å². The van der Waals surface area contributed by atoms with E-state index in [1.54, 1.807) is 19.1 Å². The molecule has 0 spiro atoms. The van der Waals surface area contributed by atoms with Gasteiger partial charge in [0.1, 0.15) is 17.1 Å². The summed E-state index contributed by atoms with van der Waals surface area (Å²) >= 11 is 3.41. The number of rotatable bonds is 5. The smallest absolute Gasteiger partial charge is 0.341 e. The van der Waals surface area contributed by atoms with Crippen molar-refractivity contribution in [1.29, 1.82) is 0 Å². The van der Waals surface area contributed by atoms with E-state index in [2.05, 4.69) is 26.0 Å². The first kappa shape index (κ1) is 17.0. The average Bonchev–Trinajstić information content (AvgIpc) is 2.92. The van der Waals surface area contributed by atoms with Crippen molar-refractivity contribution in [2.45, 2.75) is 13.5 Å². The van der Waals surface area contributed by atoms with Crippen LogP contribution in [0.5, 0.6) is 0 Å². The van der Waals surface area contributed by atoms with Gasteiger partial charge in [-0.2, -0.15) is 0 Å². The van der Waals surface area contributed by atoms with Crippen LogP contribution < -0.4 is 5.32 Å². The zero-order valence-corrected chi connectivity index (χ0v) is 14.3. The van der Waals surface area contributed by atoms with E-state index in [4.69, 9.17) is 4.42 Å². The van der Waals surface area contributed by atoms with Gasteiger partial charge in [-0.05, 0) is 30.7 Å². The molecular formula is C17H16BrNO4. The molecule has 0 unspecified atom stereocenters. The number of aryl methyl sites for hydroxylation is 1. The number of carbonyl (C=O) groups is 2. The van der Waals surface area contributed by atoms with Crippen molar-refractivity contribution in [1.82, 2.24) is 5.32 Å². The van der Waals surface area contributed by atoms with E-state index in [1.165, 1.54) is 13.2 Å². The van der Waals surface area contributed by atoms with E-state index in [0.717, 1.165) is 10.0 Å². The van der Waals surface area contributed by atoms with Gasteiger partial charge in [-0.25, -0.2) is 4.79 Å². The van der Waals surface area contributed by atoms with Crippen molar-refractivity contribution in [3.8, 4) is 0 Å². The van der Waals surface area contributed by atoms with Gasteiger partial charge in [0.25, 0.3) is 0 Å². The molecule has 1 heterocycles. The molecule has 2 rings (SSSR count). The largest absolute Gasteiger partial charge is 0.465 e. The van der Waals surface area contributed by atoms with Crippen molar-refractivity contribution in [2.24, 2.45) is 0 Å². The van der Waals surface area contributed by atoms with Crippen LogP contribution in [-0.4, -0.2) is 19.0 Å². The number of hydrogen-bond donors (Lipinski definition) is 1. The van der Waals surface area contributed by atoms with E-state index < -0.39 is 5.97 Å². The summed E-state index contributed by atoms with van der Waals surface area (Å²) in [5.41, 5.74) is 1.27. The van der Waals surface area contributed by atoms with Crippen LogP contribution in [0.2, 0.25) is 0 Å².